The number of anilines is 1. The molecule has 0 spiro atoms. The molecule has 4 nitrogen and oxygen atoms in total. The van der Waals surface area contributed by atoms with Gasteiger partial charge in [-0.05, 0) is 50.5 Å². The van der Waals surface area contributed by atoms with Crippen LogP contribution in [-0.2, 0) is 17.7 Å². The first-order valence-electron chi connectivity index (χ1n) is 7.03. The Kier molecular flexibility index (Phi) is 3.93. The maximum Gasteiger partial charge on any atom is 0.410 e. The highest BCUT2D eigenvalue weighted by atomic mass is 16.6. The average Bonchev–Trinajstić information content (AvgIpc) is 2.35. The minimum absolute atomic E-state index is 0.222. The lowest BCUT2D eigenvalue weighted by Crippen LogP contribution is -2.39. The number of hydrogen-bond acceptors (Lipinski definition) is 3. The quantitative estimate of drug-likeness (QED) is 0.790. The van der Waals surface area contributed by atoms with E-state index in [9.17, 15) is 4.79 Å². The van der Waals surface area contributed by atoms with Gasteiger partial charge < -0.3 is 14.5 Å². The number of fused-ring (bicyclic) bond motifs is 1. The van der Waals surface area contributed by atoms with Crippen LogP contribution in [0, 0.1) is 0 Å². The van der Waals surface area contributed by atoms with Crippen molar-refractivity contribution in [3.05, 3.63) is 29.3 Å². The Morgan fingerprint density at radius 3 is 2.55 bits per heavy atom. The monoisotopic (exact) mass is 276 g/mol. The summed E-state index contributed by atoms with van der Waals surface area (Å²) in [5, 5.41) is 0. The van der Waals surface area contributed by atoms with Gasteiger partial charge in [-0.25, -0.2) is 4.79 Å². The molecule has 1 aromatic rings. The van der Waals surface area contributed by atoms with Gasteiger partial charge in [0.15, 0.2) is 0 Å². The molecule has 0 saturated carbocycles. The summed E-state index contributed by atoms with van der Waals surface area (Å²) in [5.41, 5.74) is 3.31. The molecule has 1 heterocycles. The van der Waals surface area contributed by atoms with Crippen molar-refractivity contribution in [2.75, 3.05) is 25.5 Å². The predicted octanol–water partition coefficient (Wildman–Crippen LogP) is 3.05. The lowest BCUT2D eigenvalue weighted by atomic mass is 9.99. The van der Waals surface area contributed by atoms with Gasteiger partial charge in [-0.1, -0.05) is 6.07 Å². The second kappa shape index (κ2) is 5.35. The van der Waals surface area contributed by atoms with E-state index in [-0.39, 0.29) is 6.09 Å². The minimum Gasteiger partial charge on any atom is -0.444 e. The smallest absolute Gasteiger partial charge is 0.410 e. The molecule has 0 unspecified atom stereocenters. The SMILES string of the molecule is CN(C)c1ccc2c(c1)CCN(C(=O)OC(C)(C)C)C2. The Bertz CT molecular complexity index is 504. The fourth-order valence-corrected chi connectivity index (χ4v) is 2.30. The summed E-state index contributed by atoms with van der Waals surface area (Å²) in [4.78, 5) is 16.0. The van der Waals surface area contributed by atoms with E-state index in [1.54, 1.807) is 4.90 Å². The van der Waals surface area contributed by atoms with E-state index in [4.69, 9.17) is 4.74 Å². The summed E-state index contributed by atoms with van der Waals surface area (Å²) in [6.45, 7) is 7.04. The molecular formula is C16H24N2O2. The van der Waals surface area contributed by atoms with Crippen LogP contribution in [-0.4, -0.2) is 37.2 Å². The third-order valence-corrected chi connectivity index (χ3v) is 3.37. The van der Waals surface area contributed by atoms with Gasteiger partial charge in [-0.15, -0.1) is 0 Å². The molecule has 0 saturated heterocycles. The van der Waals surface area contributed by atoms with Crippen LogP contribution in [0.25, 0.3) is 0 Å². The van der Waals surface area contributed by atoms with Gasteiger partial charge in [-0.2, -0.15) is 0 Å². The average molecular weight is 276 g/mol. The number of rotatable bonds is 1. The topological polar surface area (TPSA) is 32.8 Å². The Morgan fingerprint density at radius 2 is 1.95 bits per heavy atom. The lowest BCUT2D eigenvalue weighted by Gasteiger charge is -2.31. The molecule has 1 aliphatic heterocycles. The summed E-state index contributed by atoms with van der Waals surface area (Å²) >= 11 is 0. The lowest BCUT2D eigenvalue weighted by molar-refractivity contribution is 0.0224. The van der Waals surface area contributed by atoms with Crippen molar-refractivity contribution in [1.82, 2.24) is 4.90 Å². The molecule has 0 radical (unpaired) electrons. The van der Waals surface area contributed by atoms with E-state index in [1.807, 2.05) is 34.9 Å². The van der Waals surface area contributed by atoms with Crippen molar-refractivity contribution >= 4 is 11.8 Å². The fraction of sp³-hybridized carbons (Fsp3) is 0.562. The summed E-state index contributed by atoms with van der Waals surface area (Å²) in [5.74, 6) is 0. The van der Waals surface area contributed by atoms with Crippen molar-refractivity contribution in [2.24, 2.45) is 0 Å². The molecule has 0 fully saturated rings. The molecule has 20 heavy (non-hydrogen) atoms. The number of carbonyl (C=O) groups is 1. The highest BCUT2D eigenvalue weighted by molar-refractivity contribution is 5.69. The zero-order chi connectivity index (χ0) is 14.9. The van der Waals surface area contributed by atoms with Crippen molar-refractivity contribution in [2.45, 2.75) is 39.3 Å². The Hall–Kier alpha value is -1.71. The number of amides is 1. The molecule has 1 amide bonds. The molecule has 4 heteroatoms. The van der Waals surface area contributed by atoms with Crippen LogP contribution >= 0.6 is 0 Å². The van der Waals surface area contributed by atoms with E-state index < -0.39 is 5.60 Å². The normalized spacial score (nSPS) is 14.8. The van der Waals surface area contributed by atoms with E-state index in [1.165, 1.54) is 16.8 Å². The first-order chi connectivity index (χ1) is 9.26. The summed E-state index contributed by atoms with van der Waals surface area (Å²) in [6.07, 6.45) is 0.663. The Labute approximate surface area is 121 Å². The first kappa shape index (κ1) is 14.7. The van der Waals surface area contributed by atoms with Crippen LogP contribution in [0.2, 0.25) is 0 Å². The van der Waals surface area contributed by atoms with Gasteiger partial charge in [0.2, 0.25) is 0 Å². The highest BCUT2D eigenvalue weighted by Crippen LogP contribution is 2.24. The molecule has 1 aliphatic rings. The van der Waals surface area contributed by atoms with Gasteiger partial charge in [0.25, 0.3) is 0 Å². The fourth-order valence-electron chi connectivity index (χ4n) is 2.30. The third-order valence-electron chi connectivity index (χ3n) is 3.37. The van der Waals surface area contributed by atoms with Gasteiger partial charge >= 0.3 is 6.09 Å². The maximum absolute atomic E-state index is 12.1. The van der Waals surface area contributed by atoms with Crippen LogP contribution in [0.5, 0.6) is 0 Å². The van der Waals surface area contributed by atoms with Crippen LogP contribution in [0.15, 0.2) is 18.2 Å². The van der Waals surface area contributed by atoms with Crippen molar-refractivity contribution < 1.29 is 9.53 Å². The summed E-state index contributed by atoms with van der Waals surface area (Å²) < 4.78 is 5.43. The van der Waals surface area contributed by atoms with Crippen LogP contribution in [0.1, 0.15) is 31.9 Å². The van der Waals surface area contributed by atoms with Crippen LogP contribution in [0.3, 0.4) is 0 Å². The van der Waals surface area contributed by atoms with Gasteiger partial charge in [0.1, 0.15) is 5.60 Å². The number of nitrogens with zero attached hydrogens (tertiary/aromatic N) is 2. The third kappa shape index (κ3) is 3.44. The predicted molar refractivity (Wildman–Crippen MR) is 81.1 cm³/mol. The van der Waals surface area contributed by atoms with Crippen molar-refractivity contribution in [3.8, 4) is 0 Å². The number of hydrogen-bond donors (Lipinski definition) is 0. The first-order valence-corrected chi connectivity index (χ1v) is 7.03. The van der Waals surface area contributed by atoms with E-state index in [2.05, 4.69) is 23.1 Å². The number of carbonyl (C=O) groups excluding carboxylic acids is 1. The molecule has 110 valence electrons. The van der Waals surface area contributed by atoms with Gasteiger partial charge in [-0.3, -0.25) is 0 Å². The summed E-state index contributed by atoms with van der Waals surface area (Å²) in [7, 11) is 4.08. The molecule has 0 atom stereocenters. The largest absolute Gasteiger partial charge is 0.444 e. The number of benzene rings is 1. The van der Waals surface area contributed by atoms with Crippen LogP contribution < -0.4 is 4.90 Å². The molecule has 2 rings (SSSR count). The zero-order valence-electron chi connectivity index (χ0n) is 13.1. The molecule has 0 bridgehead atoms. The van der Waals surface area contributed by atoms with Crippen molar-refractivity contribution in [1.29, 1.82) is 0 Å². The highest BCUT2D eigenvalue weighted by Gasteiger charge is 2.25. The molecule has 0 aromatic heterocycles. The van der Waals surface area contributed by atoms with E-state index in [0.29, 0.717) is 6.54 Å². The Balaban J connectivity index is 2.10. The van der Waals surface area contributed by atoms with Crippen molar-refractivity contribution in [3.63, 3.8) is 0 Å². The molecule has 1 aromatic carbocycles. The summed E-state index contributed by atoms with van der Waals surface area (Å²) in [6, 6.07) is 6.42. The standard InChI is InChI=1S/C16H24N2O2/c1-16(2,3)20-15(19)18-9-8-12-10-14(17(4)5)7-6-13(12)11-18/h6-7,10H,8-9,11H2,1-5H3. The maximum atomic E-state index is 12.1. The number of ether oxygens (including phenoxy) is 1. The second-order valence-corrected chi connectivity index (χ2v) is 6.50. The Morgan fingerprint density at radius 1 is 1.25 bits per heavy atom. The second-order valence-electron chi connectivity index (χ2n) is 6.50. The molecule has 0 N–H and O–H groups in total. The minimum atomic E-state index is -0.438. The molecular weight excluding hydrogens is 252 g/mol. The van der Waals surface area contributed by atoms with Gasteiger partial charge in [0, 0.05) is 32.9 Å². The molecule has 0 aliphatic carbocycles. The van der Waals surface area contributed by atoms with E-state index in [0.717, 1.165) is 13.0 Å². The van der Waals surface area contributed by atoms with Gasteiger partial charge in [0.05, 0.1) is 0 Å². The zero-order valence-corrected chi connectivity index (χ0v) is 13.1. The van der Waals surface area contributed by atoms with E-state index >= 15 is 0 Å². The van der Waals surface area contributed by atoms with Crippen LogP contribution in [0.4, 0.5) is 10.5 Å².